The minimum atomic E-state index is 0.985. The largest absolute Gasteiger partial charge is 0.338 e. The molecule has 1 heterocycles. The van der Waals surface area contributed by atoms with Gasteiger partial charge in [-0.2, -0.15) is 0 Å². The van der Waals surface area contributed by atoms with Crippen LogP contribution in [0.15, 0.2) is 25.0 Å². The highest BCUT2D eigenvalue weighted by Gasteiger charge is 1.96. The maximum Gasteiger partial charge on any atom is 0.109 e. The number of aryl methyl sites for hydroxylation is 1. The fourth-order valence-corrected chi connectivity index (χ4v) is 1.17. The Morgan fingerprint density at radius 1 is 1.62 bits per heavy atom. The number of nitrogens with one attached hydrogen (secondary N) is 1. The Morgan fingerprint density at radius 2 is 2.46 bits per heavy atom. The van der Waals surface area contributed by atoms with Crippen molar-refractivity contribution in [3.63, 3.8) is 0 Å². The summed E-state index contributed by atoms with van der Waals surface area (Å²) in [5.41, 5.74) is 0. The van der Waals surface area contributed by atoms with Crippen LogP contribution in [0, 0.1) is 0 Å². The van der Waals surface area contributed by atoms with Crippen molar-refractivity contribution in [2.75, 3.05) is 13.1 Å². The first-order chi connectivity index (χ1) is 6.34. The van der Waals surface area contributed by atoms with Crippen LogP contribution in [0.25, 0.3) is 0 Å². The molecule has 72 valence electrons. The van der Waals surface area contributed by atoms with E-state index in [-0.39, 0.29) is 0 Å². The molecule has 0 amide bonds. The normalized spacial score (nSPS) is 10.2. The molecule has 3 nitrogen and oxygen atoms in total. The van der Waals surface area contributed by atoms with Gasteiger partial charge in [-0.15, -0.1) is 6.58 Å². The molecule has 3 heteroatoms. The van der Waals surface area contributed by atoms with Crippen LogP contribution in [0.2, 0.25) is 0 Å². The van der Waals surface area contributed by atoms with Crippen molar-refractivity contribution in [1.29, 1.82) is 0 Å². The van der Waals surface area contributed by atoms with Crippen molar-refractivity contribution in [2.24, 2.45) is 7.05 Å². The third kappa shape index (κ3) is 3.42. The van der Waals surface area contributed by atoms with Crippen molar-refractivity contribution in [1.82, 2.24) is 14.9 Å². The van der Waals surface area contributed by atoms with Gasteiger partial charge in [0.25, 0.3) is 0 Å². The van der Waals surface area contributed by atoms with Crippen molar-refractivity contribution < 1.29 is 0 Å². The summed E-state index contributed by atoms with van der Waals surface area (Å²) in [7, 11) is 2.02. The second-order valence-electron chi connectivity index (χ2n) is 3.03. The van der Waals surface area contributed by atoms with Crippen molar-refractivity contribution >= 4 is 0 Å². The van der Waals surface area contributed by atoms with Crippen LogP contribution >= 0.6 is 0 Å². The quantitative estimate of drug-likeness (QED) is 0.524. The second kappa shape index (κ2) is 5.54. The van der Waals surface area contributed by atoms with Gasteiger partial charge >= 0.3 is 0 Å². The zero-order valence-corrected chi connectivity index (χ0v) is 8.16. The summed E-state index contributed by atoms with van der Waals surface area (Å²) in [6.45, 7) is 5.66. The van der Waals surface area contributed by atoms with Crippen LogP contribution in [0.4, 0.5) is 0 Å². The summed E-state index contributed by atoms with van der Waals surface area (Å²) in [4.78, 5) is 4.24. The molecule has 1 N–H and O–H groups in total. The maximum atomic E-state index is 4.24. The van der Waals surface area contributed by atoms with E-state index in [2.05, 4.69) is 21.4 Å². The number of rotatable bonds is 6. The van der Waals surface area contributed by atoms with Gasteiger partial charge in [0.05, 0.1) is 0 Å². The van der Waals surface area contributed by atoms with E-state index < -0.39 is 0 Å². The van der Waals surface area contributed by atoms with Crippen LogP contribution in [-0.2, 0) is 13.5 Å². The molecule has 0 saturated heterocycles. The van der Waals surface area contributed by atoms with Gasteiger partial charge in [-0.3, -0.25) is 0 Å². The number of aromatic nitrogens is 2. The number of hydrogen-bond acceptors (Lipinski definition) is 2. The molecule has 1 rings (SSSR count). The van der Waals surface area contributed by atoms with E-state index in [9.17, 15) is 0 Å². The molecule has 1 aromatic heterocycles. The molecule has 1 aromatic rings. The Labute approximate surface area is 79.5 Å². The van der Waals surface area contributed by atoms with E-state index in [4.69, 9.17) is 0 Å². The van der Waals surface area contributed by atoms with Gasteiger partial charge in [-0.05, 0) is 13.0 Å². The maximum absolute atomic E-state index is 4.24. The highest BCUT2D eigenvalue weighted by Crippen LogP contribution is 1.93. The highest BCUT2D eigenvalue weighted by molar-refractivity contribution is 4.91. The molecule has 0 aliphatic heterocycles. The Morgan fingerprint density at radius 3 is 3.08 bits per heavy atom. The second-order valence-corrected chi connectivity index (χ2v) is 3.03. The first kappa shape index (κ1) is 9.99. The van der Waals surface area contributed by atoms with Gasteiger partial charge in [0.1, 0.15) is 5.82 Å². The van der Waals surface area contributed by atoms with E-state index >= 15 is 0 Å². The van der Waals surface area contributed by atoms with Gasteiger partial charge < -0.3 is 9.88 Å². The van der Waals surface area contributed by atoms with Crippen LogP contribution in [0.5, 0.6) is 0 Å². The lowest BCUT2D eigenvalue weighted by Crippen LogP contribution is -2.19. The van der Waals surface area contributed by atoms with E-state index in [1.54, 1.807) is 0 Å². The van der Waals surface area contributed by atoms with Crippen LogP contribution in [0.1, 0.15) is 12.2 Å². The fraction of sp³-hybridized carbons (Fsp3) is 0.500. The van der Waals surface area contributed by atoms with Crippen molar-refractivity contribution in [3.8, 4) is 0 Å². The molecule has 0 aliphatic rings. The van der Waals surface area contributed by atoms with Gasteiger partial charge in [-0.1, -0.05) is 6.08 Å². The standard InChI is InChI=1S/C10H17N3/c1-3-4-6-11-7-5-10-12-8-9-13(10)2/h3,8-9,11H,1,4-7H2,2H3. The Balaban J connectivity index is 2.13. The summed E-state index contributed by atoms with van der Waals surface area (Å²) in [5.74, 6) is 1.13. The van der Waals surface area contributed by atoms with E-state index in [1.165, 1.54) is 0 Å². The van der Waals surface area contributed by atoms with E-state index in [0.717, 1.165) is 31.8 Å². The molecule has 0 radical (unpaired) electrons. The minimum Gasteiger partial charge on any atom is -0.338 e. The first-order valence-corrected chi connectivity index (χ1v) is 4.62. The first-order valence-electron chi connectivity index (χ1n) is 4.62. The molecule has 0 aliphatic carbocycles. The average molecular weight is 179 g/mol. The smallest absolute Gasteiger partial charge is 0.109 e. The monoisotopic (exact) mass is 179 g/mol. The summed E-state index contributed by atoms with van der Waals surface area (Å²) in [6, 6.07) is 0. The Kier molecular flexibility index (Phi) is 4.26. The molecule has 13 heavy (non-hydrogen) atoms. The lowest BCUT2D eigenvalue weighted by atomic mass is 10.3. The third-order valence-electron chi connectivity index (χ3n) is 1.97. The minimum absolute atomic E-state index is 0.985. The topological polar surface area (TPSA) is 29.9 Å². The zero-order valence-electron chi connectivity index (χ0n) is 8.16. The summed E-state index contributed by atoms with van der Waals surface area (Å²) in [6.07, 6.45) is 7.74. The molecule has 0 bridgehead atoms. The molecule has 0 spiro atoms. The predicted molar refractivity (Wildman–Crippen MR) is 54.6 cm³/mol. The fourth-order valence-electron chi connectivity index (χ4n) is 1.17. The number of imidazole rings is 1. The van der Waals surface area contributed by atoms with Crippen molar-refractivity contribution in [3.05, 3.63) is 30.9 Å². The van der Waals surface area contributed by atoms with Crippen LogP contribution < -0.4 is 5.32 Å². The molecule has 0 fully saturated rings. The molecular weight excluding hydrogens is 162 g/mol. The lowest BCUT2D eigenvalue weighted by molar-refractivity contribution is 0.658. The number of hydrogen-bond donors (Lipinski definition) is 1. The lowest BCUT2D eigenvalue weighted by Gasteiger charge is -2.02. The summed E-state index contributed by atoms with van der Waals surface area (Å²) >= 11 is 0. The zero-order chi connectivity index (χ0) is 9.52. The average Bonchev–Trinajstić information content (AvgIpc) is 2.52. The molecular formula is C10H17N3. The van der Waals surface area contributed by atoms with Gasteiger partial charge in [0.15, 0.2) is 0 Å². The van der Waals surface area contributed by atoms with E-state index in [1.807, 2.05) is 25.5 Å². The van der Waals surface area contributed by atoms with Gasteiger partial charge in [0, 0.05) is 32.4 Å². The highest BCUT2D eigenvalue weighted by atomic mass is 15.0. The molecule has 0 aromatic carbocycles. The third-order valence-corrected chi connectivity index (χ3v) is 1.97. The summed E-state index contributed by atoms with van der Waals surface area (Å²) < 4.78 is 2.05. The summed E-state index contributed by atoms with van der Waals surface area (Å²) in [5, 5.41) is 3.33. The Bertz CT molecular complexity index is 252. The Hall–Kier alpha value is -1.09. The SMILES string of the molecule is C=CCCNCCc1nccn1C. The van der Waals surface area contributed by atoms with Crippen molar-refractivity contribution in [2.45, 2.75) is 12.8 Å². The molecule has 0 saturated carbocycles. The molecule has 0 unspecified atom stereocenters. The van der Waals surface area contributed by atoms with Gasteiger partial charge in [0.2, 0.25) is 0 Å². The van der Waals surface area contributed by atoms with Gasteiger partial charge in [-0.25, -0.2) is 4.98 Å². The predicted octanol–water partition coefficient (Wildman–Crippen LogP) is 1.13. The van der Waals surface area contributed by atoms with E-state index in [0.29, 0.717) is 0 Å². The van der Waals surface area contributed by atoms with Crippen LogP contribution in [0.3, 0.4) is 0 Å². The molecule has 0 atom stereocenters. The van der Waals surface area contributed by atoms with Crippen LogP contribution in [-0.4, -0.2) is 22.6 Å². The number of nitrogens with zero attached hydrogens (tertiary/aromatic N) is 2.